The number of carboxylic acid groups (broad SMARTS) is 1. The zero-order chi connectivity index (χ0) is 24.6. The molecule has 0 atom stereocenters. The molecule has 0 radical (unpaired) electrons. The number of unbranched alkanes of at least 4 members (excludes halogenated alkanes) is 2. The summed E-state index contributed by atoms with van der Waals surface area (Å²) in [6.45, 7) is 5.07. The molecule has 0 aliphatic carbocycles. The van der Waals surface area contributed by atoms with Crippen LogP contribution in [-0.2, 0) is 4.79 Å². The van der Waals surface area contributed by atoms with E-state index in [0.717, 1.165) is 33.5 Å². The van der Waals surface area contributed by atoms with Crippen molar-refractivity contribution in [1.29, 1.82) is 5.26 Å². The van der Waals surface area contributed by atoms with Crippen LogP contribution in [0.15, 0.2) is 46.2 Å². The lowest BCUT2D eigenvalue weighted by Gasteiger charge is -2.37. The number of thioether (sulfide) groups is 2. The topological polar surface area (TPSA) is 73.6 Å². The van der Waals surface area contributed by atoms with E-state index in [1.165, 1.54) is 38.5 Å². The molecule has 0 aromatic heterocycles. The number of aliphatic carboxylic acids is 1. The van der Waals surface area contributed by atoms with Crippen LogP contribution in [0.1, 0.15) is 57.9 Å². The first-order valence-electron chi connectivity index (χ1n) is 11.9. The molecule has 5 nitrogen and oxygen atoms in total. The number of benzene rings is 2. The monoisotopic (exact) mass is 498 g/mol. The molecule has 34 heavy (non-hydrogen) atoms. The molecule has 2 aromatic carbocycles. The number of fused-ring (bicyclic) bond motifs is 1. The molecule has 0 saturated heterocycles. The van der Waals surface area contributed by atoms with Gasteiger partial charge in [-0.05, 0) is 60.9 Å². The van der Waals surface area contributed by atoms with Gasteiger partial charge in [0.2, 0.25) is 0 Å². The highest BCUT2D eigenvalue weighted by Crippen LogP contribution is 2.50. The fourth-order valence-corrected chi connectivity index (χ4v) is 6.34. The molecule has 0 saturated carbocycles. The van der Waals surface area contributed by atoms with Gasteiger partial charge in [-0.25, -0.2) is 4.79 Å². The van der Waals surface area contributed by atoms with E-state index in [-0.39, 0.29) is 12.0 Å². The van der Waals surface area contributed by atoms with Crippen LogP contribution < -0.4 is 9.64 Å². The Balaban J connectivity index is 2.10. The minimum absolute atomic E-state index is 0.172. The Morgan fingerprint density at radius 1 is 1.21 bits per heavy atom. The van der Waals surface area contributed by atoms with Gasteiger partial charge in [0.1, 0.15) is 5.75 Å². The standard InChI is InChI=1S/C27H34N2O3S2/c1-4-6-12-27(13-7-5-2)18-29(21-10-8-20(16-28)9-11-21)22-14-25(33-3)23(32-17-26(30)31)15-24(22)34-19-27/h8-11,14-15H,4-7,12-13,17-19H2,1-3H3,(H,30,31). The van der Waals surface area contributed by atoms with E-state index >= 15 is 0 Å². The van der Waals surface area contributed by atoms with Crippen molar-refractivity contribution in [2.24, 2.45) is 5.41 Å². The summed E-state index contributed by atoms with van der Waals surface area (Å²) in [5, 5.41) is 18.4. The van der Waals surface area contributed by atoms with Gasteiger partial charge in [0.15, 0.2) is 6.61 Å². The second-order valence-electron chi connectivity index (χ2n) is 8.89. The maximum Gasteiger partial charge on any atom is 0.341 e. The van der Waals surface area contributed by atoms with Crippen molar-refractivity contribution >= 4 is 40.9 Å². The van der Waals surface area contributed by atoms with Crippen molar-refractivity contribution in [2.75, 3.05) is 30.1 Å². The predicted octanol–water partition coefficient (Wildman–Crippen LogP) is 7.35. The second kappa shape index (κ2) is 12.4. The Morgan fingerprint density at radius 3 is 2.44 bits per heavy atom. The van der Waals surface area contributed by atoms with Crippen LogP contribution in [-0.4, -0.2) is 36.2 Å². The van der Waals surface area contributed by atoms with Crippen LogP contribution in [0, 0.1) is 16.7 Å². The van der Waals surface area contributed by atoms with Gasteiger partial charge in [-0.1, -0.05) is 39.5 Å². The third kappa shape index (κ3) is 6.43. The average molecular weight is 499 g/mol. The summed E-state index contributed by atoms with van der Waals surface area (Å²) in [6.07, 6.45) is 9.08. The van der Waals surface area contributed by atoms with Crippen molar-refractivity contribution in [3.8, 4) is 11.8 Å². The molecule has 7 heteroatoms. The van der Waals surface area contributed by atoms with Crippen molar-refractivity contribution in [3.05, 3.63) is 42.0 Å². The molecular formula is C27H34N2O3S2. The van der Waals surface area contributed by atoms with E-state index in [2.05, 4.69) is 30.9 Å². The van der Waals surface area contributed by atoms with E-state index in [4.69, 9.17) is 9.84 Å². The SMILES string of the molecule is CCCCC1(CCCC)CSc2cc(OCC(=O)O)c(SC)cc2N(c2ccc(C#N)cc2)C1. The van der Waals surface area contributed by atoms with Crippen LogP contribution >= 0.6 is 23.5 Å². The summed E-state index contributed by atoms with van der Waals surface area (Å²) in [4.78, 5) is 15.6. The quantitative estimate of drug-likeness (QED) is 0.325. The van der Waals surface area contributed by atoms with Gasteiger partial charge in [-0.3, -0.25) is 0 Å². The van der Waals surface area contributed by atoms with Gasteiger partial charge in [0, 0.05) is 22.9 Å². The van der Waals surface area contributed by atoms with Gasteiger partial charge in [0.25, 0.3) is 0 Å². The van der Waals surface area contributed by atoms with Crippen LogP contribution in [0.25, 0.3) is 0 Å². The summed E-state index contributed by atoms with van der Waals surface area (Å²) in [7, 11) is 0. The number of carbonyl (C=O) groups is 1. The number of anilines is 2. The first-order chi connectivity index (χ1) is 16.4. The van der Waals surface area contributed by atoms with Crippen molar-refractivity contribution in [3.63, 3.8) is 0 Å². The Bertz CT molecular complexity index is 1010. The number of carboxylic acids is 1. The molecule has 0 unspecified atom stereocenters. The highest BCUT2D eigenvalue weighted by atomic mass is 32.2. The summed E-state index contributed by atoms with van der Waals surface area (Å²) in [5.41, 5.74) is 3.02. The molecule has 2 aromatic rings. The first-order valence-corrected chi connectivity index (χ1v) is 14.1. The molecule has 1 aliphatic heterocycles. The molecule has 1 N–H and O–H groups in total. The van der Waals surface area contributed by atoms with E-state index in [0.29, 0.717) is 11.3 Å². The van der Waals surface area contributed by atoms with Crippen LogP contribution in [0.2, 0.25) is 0 Å². The smallest absolute Gasteiger partial charge is 0.341 e. The number of nitriles is 1. The third-order valence-electron chi connectivity index (χ3n) is 6.34. The molecule has 0 bridgehead atoms. The lowest BCUT2D eigenvalue weighted by atomic mass is 9.79. The molecule has 182 valence electrons. The minimum Gasteiger partial charge on any atom is -0.481 e. The minimum atomic E-state index is -0.980. The maximum absolute atomic E-state index is 11.1. The largest absolute Gasteiger partial charge is 0.481 e. The first kappa shape index (κ1) is 26.3. The van der Waals surface area contributed by atoms with Crippen molar-refractivity contribution in [1.82, 2.24) is 0 Å². The molecule has 0 fully saturated rings. The van der Waals surface area contributed by atoms with E-state index in [1.54, 1.807) is 11.8 Å². The van der Waals surface area contributed by atoms with Crippen LogP contribution in [0.4, 0.5) is 11.4 Å². The number of rotatable bonds is 11. The van der Waals surface area contributed by atoms with Gasteiger partial charge >= 0.3 is 5.97 Å². The predicted molar refractivity (Wildman–Crippen MR) is 142 cm³/mol. The van der Waals surface area contributed by atoms with Gasteiger partial charge in [-0.2, -0.15) is 5.26 Å². The highest BCUT2D eigenvalue weighted by Gasteiger charge is 2.36. The maximum atomic E-state index is 11.1. The molecular weight excluding hydrogens is 464 g/mol. The van der Waals surface area contributed by atoms with E-state index in [9.17, 15) is 10.1 Å². The van der Waals surface area contributed by atoms with Crippen LogP contribution in [0.3, 0.4) is 0 Å². The highest BCUT2D eigenvalue weighted by molar-refractivity contribution is 7.99. The molecule has 3 rings (SSSR count). The van der Waals surface area contributed by atoms with Crippen molar-refractivity contribution in [2.45, 2.75) is 62.2 Å². The summed E-state index contributed by atoms with van der Waals surface area (Å²) < 4.78 is 5.66. The number of ether oxygens (including phenoxy) is 1. The fraction of sp³-hybridized carbons (Fsp3) is 0.481. The number of hydrogen-bond donors (Lipinski definition) is 1. The lowest BCUT2D eigenvalue weighted by Crippen LogP contribution is -2.36. The summed E-state index contributed by atoms with van der Waals surface area (Å²) in [5.74, 6) is 0.659. The zero-order valence-electron chi connectivity index (χ0n) is 20.3. The summed E-state index contributed by atoms with van der Waals surface area (Å²) in [6, 6.07) is 14.2. The number of hydrogen-bond acceptors (Lipinski definition) is 6. The third-order valence-corrected chi connectivity index (χ3v) is 8.50. The fourth-order valence-electron chi connectivity index (χ4n) is 4.44. The molecule has 1 aliphatic rings. The molecule has 0 amide bonds. The number of nitrogens with zero attached hydrogens (tertiary/aromatic N) is 2. The van der Waals surface area contributed by atoms with Gasteiger partial charge < -0.3 is 14.7 Å². The van der Waals surface area contributed by atoms with Gasteiger partial charge in [0.05, 0.1) is 22.2 Å². The Labute approximate surface area is 211 Å². The van der Waals surface area contributed by atoms with E-state index < -0.39 is 5.97 Å². The Morgan fingerprint density at radius 2 is 1.88 bits per heavy atom. The van der Waals surface area contributed by atoms with Crippen LogP contribution in [0.5, 0.6) is 5.75 Å². The van der Waals surface area contributed by atoms with Crippen molar-refractivity contribution < 1.29 is 14.6 Å². The molecule has 1 heterocycles. The normalized spacial score (nSPS) is 14.7. The van der Waals surface area contributed by atoms with E-state index in [1.807, 2.05) is 48.3 Å². The zero-order valence-corrected chi connectivity index (χ0v) is 21.9. The molecule has 0 spiro atoms. The Hall–Kier alpha value is -2.30. The van der Waals surface area contributed by atoms with Gasteiger partial charge in [-0.15, -0.1) is 23.5 Å². The summed E-state index contributed by atoms with van der Waals surface area (Å²) >= 11 is 3.42. The average Bonchev–Trinajstić information content (AvgIpc) is 3.01. The Kier molecular flexibility index (Phi) is 9.61. The lowest BCUT2D eigenvalue weighted by molar-refractivity contribution is -0.139. The second-order valence-corrected chi connectivity index (χ2v) is 10.8.